The summed E-state index contributed by atoms with van der Waals surface area (Å²) in [6.45, 7) is 5.21. The van der Waals surface area contributed by atoms with Gasteiger partial charge in [-0.3, -0.25) is 10.1 Å². The summed E-state index contributed by atoms with van der Waals surface area (Å²) < 4.78 is 79.6. The molecule has 2 aromatic carbocycles. The van der Waals surface area contributed by atoms with E-state index in [9.17, 15) is 56.9 Å². The molecule has 41 nitrogen and oxygen atoms in total. The van der Waals surface area contributed by atoms with Crippen molar-refractivity contribution in [2.75, 3.05) is 162 Å². The first-order chi connectivity index (χ1) is 44.4. The molecule has 0 saturated heterocycles. The van der Waals surface area contributed by atoms with E-state index in [1.54, 1.807) is 55.5 Å². The van der Waals surface area contributed by atoms with E-state index in [2.05, 4.69) is 126 Å². The van der Waals surface area contributed by atoms with Crippen LogP contribution in [0, 0.1) is 6.92 Å². The molecule has 506 valence electrons. The van der Waals surface area contributed by atoms with Crippen LogP contribution in [-0.2, 0) is 43.7 Å². The molecule has 0 unspecified atom stereocenters. The summed E-state index contributed by atoms with van der Waals surface area (Å²) in [4.78, 5) is 62.4. The van der Waals surface area contributed by atoms with E-state index in [1.807, 2.05) is 13.8 Å². The second kappa shape index (κ2) is 53.0. The van der Waals surface area contributed by atoms with Crippen molar-refractivity contribution in [3.63, 3.8) is 0 Å². The Labute approximate surface area is 648 Å². The average Bonchev–Trinajstić information content (AvgIpc) is 1.01. The van der Waals surface area contributed by atoms with Gasteiger partial charge in [0.1, 0.15) is 5.82 Å². The molecular formula is C47H67N23Na4O18S4. The van der Waals surface area contributed by atoms with Gasteiger partial charge in [0.05, 0.1) is 89.5 Å². The summed E-state index contributed by atoms with van der Waals surface area (Å²) in [5.74, 6) is 0.222. The number of benzene rings is 2. The van der Waals surface area contributed by atoms with Gasteiger partial charge in [0, 0.05) is 105 Å². The number of aryl methyl sites for hydroxylation is 1. The molecular weight excluding hydrogens is 1390 g/mol. The van der Waals surface area contributed by atoms with Gasteiger partial charge in [-0.25, -0.2) is 26.8 Å². The molecule has 0 aliphatic heterocycles. The Hall–Kier alpha value is -3.94. The van der Waals surface area contributed by atoms with Gasteiger partial charge in [-0.2, -0.15) is 68.5 Å². The van der Waals surface area contributed by atoms with Crippen molar-refractivity contribution in [2.45, 2.75) is 20.8 Å². The first-order valence-electron chi connectivity index (χ1n) is 27.1. The fourth-order valence-electron chi connectivity index (χ4n) is 6.76. The van der Waals surface area contributed by atoms with E-state index in [0.717, 1.165) is 12.0 Å². The molecule has 12 N–H and O–H groups in total. The molecule has 0 atom stereocenters. The maximum absolute atomic E-state index is 11.1. The quantitative estimate of drug-likeness (QED) is 0.00322. The number of aromatic nitrogens is 12. The number of hydrogen-bond donors (Lipinski definition) is 12. The number of aliphatic hydroxyl groups excluding tert-OH is 5. The standard InChI is InChI=1S/C24H36N12O10S2.C21H29N11O8S2.C2H6.4Na/c37-10-6-35(7-11-38)23-31-19(25-4-14-47-46-45-41)29-21(33-23)27-17-2-1-3-18(16-17)28-22-30-20(26-5-15-48(42,43)44)32-24(34-22)36(8-12-39)9-13-40;1-14-25-17(23-6-11-41-40-39-34)30-20(26-14)27-15-3-2-4-16(13-15)28-21-31-18(22-5-9-38-10-8-33)29-19(32-21)24-7-12-42(35,36)37;1-2;;;;/h1-4,16,37-41H,5-15H2,(H,42,43,44)(H,27,29,31,33)(H2,26,28,30,32,34);2-4,6,13,33-34H,5,7-12H2,1H3,(H,35,36,37)(H,25,26,27,30)(H3,22,24,28,29,31,32);1-2H3;;;;/q;;;4*+1/p-4. The Morgan fingerprint density at radius 2 is 0.844 bits per heavy atom. The number of ether oxygens (including phenoxy) is 1. The molecule has 0 fully saturated rings. The third kappa shape index (κ3) is 39.2. The largest absolute Gasteiger partial charge is 1.00 e. The zero-order chi connectivity index (χ0) is 67.0. The van der Waals surface area contributed by atoms with Crippen molar-refractivity contribution in [1.82, 2.24) is 59.8 Å². The summed E-state index contributed by atoms with van der Waals surface area (Å²) in [5, 5.41) is 93.6. The van der Waals surface area contributed by atoms with E-state index < -0.39 is 31.7 Å². The third-order valence-corrected chi connectivity index (χ3v) is 12.6. The van der Waals surface area contributed by atoms with Crippen molar-refractivity contribution in [3.8, 4) is 0 Å². The predicted molar refractivity (Wildman–Crippen MR) is 332 cm³/mol. The Morgan fingerprint density at radius 1 is 0.490 bits per heavy atom. The van der Waals surface area contributed by atoms with Gasteiger partial charge in [0.2, 0.25) is 53.5 Å². The van der Waals surface area contributed by atoms with Crippen LogP contribution < -0.4 is 176 Å². The van der Waals surface area contributed by atoms with Crippen molar-refractivity contribution in [1.29, 1.82) is 0 Å². The van der Waals surface area contributed by atoms with Crippen molar-refractivity contribution < 1.29 is 204 Å². The van der Waals surface area contributed by atoms with Crippen LogP contribution in [0.4, 0.5) is 88.2 Å². The van der Waals surface area contributed by atoms with Gasteiger partial charge < -0.3 is 96.9 Å². The maximum Gasteiger partial charge on any atom is 1.00 e. The van der Waals surface area contributed by atoms with Gasteiger partial charge >= 0.3 is 118 Å². The second-order valence-electron chi connectivity index (χ2n) is 17.0. The molecule has 0 bridgehead atoms. The van der Waals surface area contributed by atoms with E-state index >= 15 is 0 Å². The summed E-state index contributed by atoms with van der Waals surface area (Å²) in [7, 11) is -8.93. The number of nitrogens with one attached hydrogen (secondary N) is 7. The minimum Gasteiger partial charge on any atom is -0.748 e. The van der Waals surface area contributed by atoms with E-state index in [-0.39, 0.29) is 281 Å². The topological polar surface area (TPSA) is 578 Å². The van der Waals surface area contributed by atoms with Crippen LogP contribution in [0.1, 0.15) is 19.7 Å². The van der Waals surface area contributed by atoms with Crippen molar-refractivity contribution >= 4 is 145 Å². The number of aliphatic imine (C=N–C) groups is 2. The molecule has 0 spiro atoms. The Kier molecular flexibility index (Phi) is 50.8. The molecule has 0 amide bonds. The normalized spacial score (nSPS) is 10.9. The predicted octanol–water partition coefficient (Wildman–Crippen LogP) is -13.5. The van der Waals surface area contributed by atoms with Gasteiger partial charge in [0.25, 0.3) is 11.9 Å². The summed E-state index contributed by atoms with van der Waals surface area (Å²) in [5.41, 5.74) is 2.12. The number of nitrogens with zero attached hydrogens (tertiary/aromatic N) is 16. The molecule has 4 aromatic heterocycles. The van der Waals surface area contributed by atoms with E-state index in [1.165, 1.54) is 22.2 Å². The van der Waals surface area contributed by atoms with Gasteiger partial charge in [-0.1, -0.05) is 26.0 Å². The van der Waals surface area contributed by atoms with E-state index in [0.29, 0.717) is 47.2 Å². The average molecular weight is 1460 g/mol. The number of hydrogen-bond acceptors (Lipinski definition) is 43. The number of anilines is 13. The molecule has 0 aliphatic rings. The van der Waals surface area contributed by atoms with Crippen LogP contribution >= 0.6 is 24.1 Å². The van der Waals surface area contributed by atoms with Crippen LogP contribution in [-0.4, -0.2) is 239 Å². The molecule has 0 saturated carbocycles. The summed E-state index contributed by atoms with van der Waals surface area (Å²) in [6.07, 6.45) is 2.81. The number of aliphatic hydroxyl groups is 5. The van der Waals surface area contributed by atoms with Crippen molar-refractivity contribution in [2.24, 2.45) is 9.98 Å². The fourth-order valence-corrected chi connectivity index (χ4v) is 7.93. The van der Waals surface area contributed by atoms with Gasteiger partial charge in [0.15, 0.2) is 0 Å². The Balaban J connectivity index is 0.00000177. The van der Waals surface area contributed by atoms with Gasteiger partial charge in [-0.15, -0.1) is 0 Å². The zero-order valence-electron chi connectivity index (χ0n) is 53.3. The molecule has 4 heterocycles. The first kappa shape index (κ1) is 92.1. The molecule has 0 aliphatic carbocycles. The smallest absolute Gasteiger partial charge is 0.748 e. The van der Waals surface area contributed by atoms with Crippen LogP contribution in [0.2, 0.25) is 0 Å². The molecule has 96 heavy (non-hydrogen) atoms. The Morgan fingerprint density at radius 3 is 1.25 bits per heavy atom. The zero-order valence-corrected chi connectivity index (χ0v) is 64.6. The molecule has 49 heteroatoms. The molecule has 6 aromatic rings. The fraction of sp³-hybridized carbons (Fsp3) is 0.447. The Bertz CT molecular complexity index is 3430. The minimum atomic E-state index is -4.50. The maximum atomic E-state index is 11.1. The summed E-state index contributed by atoms with van der Waals surface area (Å²) in [6, 6.07) is 13.7. The minimum absolute atomic E-state index is 0. The van der Waals surface area contributed by atoms with Crippen LogP contribution in [0.25, 0.3) is 0 Å². The monoisotopic (exact) mass is 1460 g/mol. The number of rotatable bonds is 42. The first-order valence-corrected chi connectivity index (χ1v) is 32.1. The summed E-state index contributed by atoms with van der Waals surface area (Å²) >= 11 is 1.43. The van der Waals surface area contributed by atoms with Gasteiger partial charge in [-0.05, 0) is 43.3 Å². The third-order valence-electron chi connectivity index (χ3n) is 10.3. The van der Waals surface area contributed by atoms with E-state index in [4.69, 9.17) is 9.84 Å². The molecule has 6 rings (SSSR count). The van der Waals surface area contributed by atoms with Crippen LogP contribution in [0.3, 0.4) is 0 Å². The SMILES string of the molecule is CC.Cc1nc(N=CCSOO[O-])nc(Nc2cccc(Nc3nc(NCCOCCO)nc(NCCS(=O)(=O)[O-])n3)c2)n1.O=S(=O)([O-])CCNc1nc(Nc2cccc(Nc3nc(N=CCSOO[O-])nc(N(CCO)CCO)n3)c2)nc(N(CCO)CCO)n1.[Na+].[Na+].[Na+].[Na+]. The molecule has 0 radical (unpaired) electrons. The van der Waals surface area contributed by atoms with Crippen LogP contribution in [0.5, 0.6) is 0 Å². The van der Waals surface area contributed by atoms with Crippen LogP contribution in [0.15, 0.2) is 58.5 Å². The van der Waals surface area contributed by atoms with Crippen molar-refractivity contribution in [3.05, 3.63) is 54.4 Å². The second-order valence-corrected chi connectivity index (χ2v) is 21.4.